The minimum absolute atomic E-state index is 0.173. The van der Waals surface area contributed by atoms with Gasteiger partial charge in [-0.15, -0.1) is 10.2 Å². The van der Waals surface area contributed by atoms with Crippen molar-refractivity contribution >= 4 is 28.1 Å². The predicted octanol–water partition coefficient (Wildman–Crippen LogP) is 4.48. The molecule has 6 nitrogen and oxygen atoms in total. The lowest BCUT2D eigenvalue weighted by atomic mass is 9.95. The van der Waals surface area contributed by atoms with Crippen LogP contribution in [0.25, 0.3) is 11.1 Å². The molecule has 0 saturated carbocycles. The molecule has 1 unspecified atom stereocenters. The fourth-order valence-electron chi connectivity index (χ4n) is 2.98. The molecule has 0 saturated heterocycles. The number of aryl methyl sites for hydroxylation is 1. The number of aliphatic carboxylic acids is 1. The van der Waals surface area contributed by atoms with Gasteiger partial charge in [-0.1, -0.05) is 23.5 Å². The minimum atomic E-state index is -4.58. The van der Waals surface area contributed by atoms with Crippen LogP contribution in [0.3, 0.4) is 0 Å². The van der Waals surface area contributed by atoms with E-state index in [4.69, 9.17) is 9.84 Å². The molecule has 2 aromatic carbocycles. The van der Waals surface area contributed by atoms with Crippen LogP contribution in [0.2, 0.25) is 0 Å². The van der Waals surface area contributed by atoms with E-state index in [0.29, 0.717) is 27.4 Å². The number of carboxylic acids is 1. The molecular weight excluding hydrogens is 453 g/mol. The Kier molecular flexibility index (Phi) is 6.75. The van der Waals surface area contributed by atoms with Crippen molar-refractivity contribution in [3.05, 3.63) is 58.1 Å². The Morgan fingerprint density at radius 1 is 1.16 bits per heavy atom. The maximum atomic E-state index is 13.3. The lowest BCUT2D eigenvalue weighted by Crippen LogP contribution is -2.08. The Hall–Kier alpha value is -2.79. The van der Waals surface area contributed by atoms with Crippen LogP contribution in [0.4, 0.5) is 13.2 Å². The summed E-state index contributed by atoms with van der Waals surface area (Å²) in [5, 5.41) is 17.3. The number of alkyl halides is 3. The van der Waals surface area contributed by atoms with Gasteiger partial charge in [0.15, 0.2) is 0 Å². The van der Waals surface area contributed by atoms with Crippen LogP contribution in [0.15, 0.2) is 40.7 Å². The lowest BCUT2D eigenvalue weighted by Gasteiger charge is -2.16. The number of aromatic nitrogens is 2. The molecule has 0 spiro atoms. The molecule has 0 bridgehead atoms. The van der Waals surface area contributed by atoms with E-state index in [9.17, 15) is 22.2 Å². The van der Waals surface area contributed by atoms with Gasteiger partial charge in [-0.05, 0) is 47.9 Å². The summed E-state index contributed by atoms with van der Waals surface area (Å²) in [5.41, 5.74) is 0.529. The van der Waals surface area contributed by atoms with Gasteiger partial charge >= 0.3 is 12.1 Å². The third-order valence-corrected chi connectivity index (χ3v) is 6.82. The van der Waals surface area contributed by atoms with Crippen LogP contribution in [-0.4, -0.2) is 32.6 Å². The van der Waals surface area contributed by atoms with Crippen molar-refractivity contribution in [2.75, 3.05) is 7.11 Å². The second-order valence-electron chi connectivity index (χ2n) is 6.55. The van der Waals surface area contributed by atoms with Crippen molar-refractivity contribution in [2.24, 2.45) is 0 Å². The normalized spacial score (nSPS) is 12.5. The molecule has 0 amide bonds. The first kappa shape index (κ1) is 22.9. The van der Waals surface area contributed by atoms with Gasteiger partial charge < -0.3 is 9.84 Å². The van der Waals surface area contributed by atoms with Crippen molar-refractivity contribution in [3.63, 3.8) is 0 Å². The first-order valence-corrected chi connectivity index (χ1v) is 11.0. The largest absolute Gasteiger partial charge is 0.496 e. The van der Waals surface area contributed by atoms with Crippen LogP contribution in [0.5, 0.6) is 5.75 Å². The first-order chi connectivity index (χ1) is 14.6. The number of ether oxygens (including phenoxy) is 1. The van der Waals surface area contributed by atoms with Crippen molar-refractivity contribution in [3.8, 4) is 16.9 Å². The second kappa shape index (κ2) is 9.15. The molecular formula is C20H17F3N2O4S2. The Bertz CT molecular complexity index is 1150. The van der Waals surface area contributed by atoms with Crippen LogP contribution in [-0.2, 0) is 33.9 Å². The molecule has 0 aliphatic rings. The number of benzene rings is 2. The molecule has 3 rings (SSSR count). The molecule has 1 atom stereocenters. The molecule has 1 aromatic heterocycles. The molecule has 31 heavy (non-hydrogen) atoms. The number of carboxylic acid groups (broad SMARTS) is 1. The number of nitrogens with zero attached hydrogens (tertiary/aromatic N) is 2. The van der Waals surface area contributed by atoms with Gasteiger partial charge in [-0.3, -0.25) is 9.00 Å². The van der Waals surface area contributed by atoms with E-state index < -0.39 is 28.5 Å². The van der Waals surface area contributed by atoms with Gasteiger partial charge in [0.25, 0.3) is 0 Å². The van der Waals surface area contributed by atoms with Gasteiger partial charge in [-0.2, -0.15) is 13.2 Å². The van der Waals surface area contributed by atoms with Crippen molar-refractivity contribution < 1.29 is 32.0 Å². The summed E-state index contributed by atoms with van der Waals surface area (Å²) in [6.45, 7) is 1.69. The fraction of sp³-hybridized carbons (Fsp3) is 0.250. The molecule has 0 aliphatic carbocycles. The van der Waals surface area contributed by atoms with Crippen molar-refractivity contribution in [1.82, 2.24) is 10.2 Å². The van der Waals surface area contributed by atoms with Gasteiger partial charge in [0.2, 0.25) is 4.34 Å². The van der Waals surface area contributed by atoms with Gasteiger partial charge in [0, 0.05) is 5.56 Å². The maximum absolute atomic E-state index is 13.3. The molecule has 1 N–H and O–H groups in total. The highest BCUT2D eigenvalue weighted by molar-refractivity contribution is 7.86. The summed E-state index contributed by atoms with van der Waals surface area (Å²) in [4.78, 5) is 11.1. The van der Waals surface area contributed by atoms with E-state index in [2.05, 4.69) is 10.2 Å². The molecule has 0 fully saturated rings. The first-order valence-electron chi connectivity index (χ1n) is 8.86. The SMILES string of the molecule is COc1ccc(CC(=O)O)cc1-c1ccc(C(F)(F)F)cc1CS(=O)c1nnc(C)s1. The van der Waals surface area contributed by atoms with Crippen LogP contribution in [0.1, 0.15) is 21.7 Å². The smallest absolute Gasteiger partial charge is 0.416 e. The van der Waals surface area contributed by atoms with E-state index in [0.717, 1.165) is 23.5 Å². The highest BCUT2D eigenvalue weighted by Gasteiger charge is 2.31. The Balaban J connectivity index is 2.13. The van der Waals surface area contributed by atoms with E-state index in [1.165, 1.54) is 13.2 Å². The number of halogens is 3. The minimum Gasteiger partial charge on any atom is -0.496 e. The summed E-state index contributed by atoms with van der Waals surface area (Å²) in [6, 6.07) is 7.84. The maximum Gasteiger partial charge on any atom is 0.416 e. The summed E-state index contributed by atoms with van der Waals surface area (Å²) in [5.74, 6) is -0.913. The van der Waals surface area contributed by atoms with Crippen molar-refractivity contribution in [1.29, 1.82) is 0 Å². The molecule has 0 aliphatic heterocycles. The van der Waals surface area contributed by atoms with Crippen LogP contribution >= 0.6 is 11.3 Å². The Morgan fingerprint density at radius 3 is 2.48 bits per heavy atom. The Labute approximate surface area is 182 Å². The van der Waals surface area contributed by atoms with Gasteiger partial charge in [-0.25, -0.2) is 0 Å². The molecule has 11 heteroatoms. The van der Waals surface area contributed by atoms with Gasteiger partial charge in [0.05, 0.1) is 35.6 Å². The second-order valence-corrected chi connectivity index (χ2v) is 9.36. The average Bonchev–Trinajstić information content (AvgIpc) is 3.13. The number of rotatable bonds is 7. The monoisotopic (exact) mass is 470 g/mol. The number of hydrogen-bond donors (Lipinski definition) is 1. The topological polar surface area (TPSA) is 89.4 Å². The van der Waals surface area contributed by atoms with E-state index in [1.807, 2.05) is 0 Å². The Morgan fingerprint density at radius 2 is 1.90 bits per heavy atom. The molecule has 164 valence electrons. The molecule has 0 radical (unpaired) electrons. The fourth-order valence-corrected chi connectivity index (χ4v) is 5.08. The summed E-state index contributed by atoms with van der Waals surface area (Å²) >= 11 is 1.11. The zero-order valence-electron chi connectivity index (χ0n) is 16.4. The highest BCUT2D eigenvalue weighted by atomic mass is 32.2. The van der Waals surface area contributed by atoms with Gasteiger partial charge in [0.1, 0.15) is 10.8 Å². The molecule has 3 aromatic rings. The zero-order valence-corrected chi connectivity index (χ0v) is 18.0. The number of carbonyl (C=O) groups is 1. The predicted molar refractivity (Wildman–Crippen MR) is 110 cm³/mol. The summed E-state index contributed by atoms with van der Waals surface area (Å²) < 4.78 is 58.3. The lowest BCUT2D eigenvalue weighted by molar-refractivity contribution is -0.138. The van der Waals surface area contributed by atoms with Crippen molar-refractivity contribution in [2.45, 2.75) is 29.6 Å². The zero-order chi connectivity index (χ0) is 22.8. The van der Waals surface area contributed by atoms with E-state index in [1.54, 1.807) is 25.1 Å². The quantitative estimate of drug-likeness (QED) is 0.548. The number of methoxy groups -OCH3 is 1. The standard InChI is InChI=1S/C20H17F3N2O4S2/c1-11-24-25-19(30-11)31(28)10-13-9-14(20(21,22)23)4-5-15(13)16-7-12(8-18(26)27)3-6-17(16)29-2/h3-7,9H,8,10H2,1-2H3,(H,26,27). The highest BCUT2D eigenvalue weighted by Crippen LogP contribution is 2.38. The van der Waals surface area contributed by atoms with E-state index in [-0.39, 0.29) is 22.1 Å². The van der Waals surface area contributed by atoms with Crippen LogP contribution in [0, 0.1) is 6.92 Å². The third-order valence-electron chi connectivity index (χ3n) is 4.33. The average molecular weight is 470 g/mol. The number of hydrogen-bond acceptors (Lipinski definition) is 6. The summed E-state index contributed by atoms with van der Waals surface area (Å²) in [7, 11) is -0.309. The summed E-state index contributed by atoms with van der Waals surface area (Å²) in [6.07, 6.45) is -4.84. The van der Waals surface area contributed by atoms with Crippen LogP contribution < -0.4 is 4.74 Å². The van der Waals surface area contributed by atoms with E-state index >= 15 is 0 Å². The third kappa shape index (κ3) is 5.47. The molecule has 1 heterocycles.